The smallest absolute Gasteiger partial charge is 0.256 e. The summed E-state index contributed by atoms with van der Waals surface area (Å²) in [6, 6.07) is 5.33. The first-order chi connectivity index (χ1) is 9.76. The molecule has 1 heterocycles. The summed E-state index contributed by atoms with van der Waals surface area (Å²) in [7, 11) is 0. The monoisotopic (exact) mass is 355 g/mol. The molecule has 1 aliphatic heterocycles. The largest absolute Gasteiger partial charge is 0.398 e. The third-order valence-corrected chi connectivity index (χ3v) is 4.01. The molecule has 1 aliphatic rings. The van der Waals surface area contributed by atoms with Crippen LogP contribution in [-0.4, -0.2) is 59.1 Å². The van der Waals surface area contributed by atoms with Crippen molar-refractivity contribution in [2.45, 2.75) is 19.4 Å². The molecule has 0 radical (unpaired) electrons. The Morgan fingerprint density at radius 3 is 2.48 bits per heavy atom. The van der Waals surface area contributed by atoms with Gasteiger partial charge in [0.25, 0.3) is 5.91 Å². The average Bonchev–Trinajstić information content (AvgIpc) is 2.37. The van der Waals surface area contributed by atoms with E-state index >= 15 is 0 Å². The summed E-state index contributed by atoms with van der Waals surface area (Å²) < 4.78 is 0.867. The Kier molecular flexibility index (Phi) is 4.91. The van der Waals surface area contributed by atoms with Crippen LogP contribution in [0, 0.1) is 0 Å². The molecule has 6 heteroatoms. The molecule has 2 rings (SSSR count). The van der Waals surface area contributed by atoms with Gasteiger partial charge in [-0.1, -0.05) is 15.9 Å². The number of hydrogen-bond donors (Lipinski definition) is 2. The van der Waals surface area contributed by atoms with Crippen LogP contribution in [0.15, 0.2) is 22.7 Å². The van der Waals surface area contributed by atoms with Gasteiger partial charge in [-0.25, -0.2) is 0 Å². The first kappa shape index (κ1) is 16.3. The predicted octanol–water partition coefficient (Wildman–Crippen LogP) is 1.56. The molecular weight excluding hydrogens is 334 g/mol. The van der Waals surface area contributed by atoms with Crippen LogP contribution in [0.25, 0.3) is 0 Å². The van der Waals surface area contributed by atoms with Crippen LogP contribution in [-0.2, 0) is 0 Å². The van der Waals surface area contributed by atoms with E-state index in [0.717, 1.165) is 17.6 Å². The van der Waals surface area contributed by atoms with Crippen molar-refractivity contribution in [2.24, 2.45) is 0 Å². The maximum absolute atomic E-state index is 12.5. The number of carbonyl (C=O) groups is 1. The van der Waals surface area contributed by atoms with Crippen LogP contribution in [0.5, 0.6) is 0 Å². The Balaban J connectivity index is 1.97. The SMILES string of the molecule is CC(C)(O)CN1CCN(C(=O)c2ccc(Br)cc2N)CC1. The molecule has 1 fully saturated rings. The van der Waals surface area contributed by atoms with Crippen molar-refractivity contribution in [1.29, 1.82) is 0 Å². The minimum Gasteiger partial charge on any atom is -0.398 e. The Hall–Kier alpha value is -1.11. The molecule has 0 unspecified atom stereocenters. The lowest BCUT2D eigenvalue weighted by molar-refractivity contribution is 0.0179. The fourth-order valence-corrected chi connectivity index (χ4v) is 2.93. The molecule has 0 spiro atoms. The van der Waals surface area contributed by atoms with Gasteiger partial charge in [0.1, 0.15) is 0 Å². The van der Waals surface area contributed by atoms with E-state index in [0.29, 0.717) is 30.9 Å². The van der Waals surface area contributed by atoms with Crippen molar-refractivity contribution < 1.29 is 9.90 Å². The zero-order chi connectivity index (χ0) is 15.6. The molecule has 0 atom stereocenters. The van der Waals surface area contributed by atoms with Gasteiger partial charge in [0.2, 0.25) is 0 Å². The number of nitrogens with two attached hydrogens (primary N) is 1. The number of aliphatic hydroxyl groups is 1. The van der Waals surface area contributed by atoms with Gasteiger partial charge in [-0.2, -0.15) is 0 Å². The number of nitrogens with zero attached hydrogens (tertiary/aromatic N) is 2. The van der Waals surface area contributed by atoms with E-state index in [1.165, 1.54) is 0 Å². The third-order valence-electron chi connectivity index (χ3n) is 3.51. The quantitative estimate of drug-likeness (QED) is 0.807. The van der Waals surface area contributed by atoms with Crippen molar-refractivity contribution in [3.63, 3.8) is 0 Å². The summed E-state index contributed by atoms with van der Waals surface area (Å²) in [5.74, 6) is -0.0251. The molecule has 0 saturated carbocycles. The highest BCUT2D eigenvalue weighted by Gasteiger charge is 2.26. The van der Waals surface area contributed by atoms with Crippen LogP contribution in [0.4, 0.5) is 5.69 Å². The zero-order valence-electron chi connectivity index (χ0n) is 12.5. The molecule has 5 nitrogen and oxygen atoms in total. The minimum absolute atomic E-state index is 0.0251. The summed E-state index contributed by atoms with van der Waals surface area (Å²) in [6.45, 7) is 7.07. The summed E-state index contributed by atoms with van der Waals surface area (Å²) in [4.78, 5) is 16.5. The molecular formula is C15H22BrN3O2. The molecule has 0 aromatic heterocycles. The third kappa shape index (κ3) is 4.43. The van der Waals surface area contributed by atoms with Gasteiger partial charge in [-0.05, 0) is 32.0 Å². The number of piperazine rings is 1. The van der Waals surface area contributed by atoms with E-state index < -0.39 is 5.60 Å². The van der Waals surface area contributed by atoms with Crippen molar-refractivity contribution in [1.82, 2.24) is 9.80 Å². The molecule has 1 aromatic rings. The van der Waals surface area contributed by atoms with Gasteiger partial charge in [-0.3, -0.25) is 9.69 Å². The molecule has 1 aromatic carbocycles. The second-order valence-electron chi connectivity index (χ2n) is 6.11. The van der Waals surface area contributed by atoms with Gasteiger partial charge in [-0.15, -0.1) is 0 Å². The summed E-state index contributed by atoms with van der Waals surface area (Å²) in [6.07, 6.45) is 0. The Morgan fingerprint density at radius 2 is 1.95 bits per heavy atom. The highest BCUT2D eigenvalue weighted by atomic mass is 79.9. The summed E-state index contributed by atoms with van der Waals surface area (Å²) >= 11 is 3.34. The van der Waals surface area contributed by atoms with Crippen molar-refractivity contribution in [2.75, 3.05) is 38.5 Å². The Labute approximate surface area is 133 Å². The van der Waals surface area contributed by atoms with E-state index in [2.05, 4.69) is 20.8 Å². The predicted molar refractivity (Wildman–Crippen MR) is 87.2 cm³/mol. The molecule has 116 valence electrons. The standard InChI is InChI=1S/C15H22BrN3O2/c1-15(2,21)10-18-5-7-19(8-6-18)14(20)12-4-3-11(16)9-13(12)17/h3-4,9,21H,5-8,10,17H2,1-2H3. The lowest BCUT2D eigenvalue weighted by atomic mass is 10.1. The second kappa shape index (κ2) is 6.34. The van der Waals surface area contributed by atoms with E-state index in [1.54, 1.807) is 26.0 Å². The molecule has 1 saturated heterocycles. The fraction of sp³-hybridized carbons (Fsp3) is 0.533. The number of β-amino-alcohol motifs (C(OH)–C–C–N with tert-alkyl or cyclic N) is 1. The number of rotatable bonds is 3. The number of amides is 1. The van der Waals surface area contributed by atoms with Crippen LogP contribution < -0.4 is 5.73 Å². The van der Waals surface area contributed by atoms with Crippen LogP contribution in [0.2, 0.25) is 0 Å². The maximum atomic E-state index is 12.5. The molecule has 0 aliphatic carbocycles. The van der Waals surface area contributed by atoms with E-state index in [-0.39, 0.29) is 5.91 Å². The van der Waals surface area contributed by atoms with E-state index in [4.69, 9.17) is 5.73 Å². The number of carbonyl (C=O) groups excluding carboxylic acids is 1. The van der Waals surface area contributed by atoms with Crippen LogP contribution in [0.3, 0.4) is 0 Å². The van der Waals surface area contributed by atoms with Crippen LogP contribution in [0.1, 0.15) is 24.2 Å². The Bertz CT molecular complexity index is 520. The molecule has 0 bridgehead atoms. The molecule has 1 amide bonds. The first-order valence-electron chi connectivity index (χ1n) is 7.05. The Morgan fingerprint density at radius 1 is 1.33 bits per heavy atom. The van der Waals surface area contributed by atoms with Gasteiger partial charge >= 0.3 is 0 Å². The number of halogens is 1. The minimum atomic E-state index is -0.706. The highest BCUT2D eigenvalue weighted by molar-refractivity contribution is 9.10. The van der Waals surface area contributed by atoms with Crippen LogP contribution >= 0.6 is 15.9 Å². The van der Waals surface area contributed by atoms with Crippen molar-refractivity contribution in [3.8, 4) is 0 Å². The van der Waals surface area contributed by atoms with Crippen molar-refractivity contribution in [3.05, 3.63) is 28.2 Å². The van der Waals surface area contributed by atoms with Gasteiger partial charge in [0.05, 0.1) is 11.2 Å². The lowest BCUT2D eigenvalue weighted by Crippen LogP contribution is -2.52. The van der Waals surface area contributed by atoms with Gasteiger partial charge in [0, 0.05) is 42.9 Å². The fourth-order valence-electron chi connectivity index (χ4n) is 2.55. The van der Waals surface area contributed by atoms with Crippen molar-refractivity contribution >= 4 is 27.5 Å². The highest BCUT2D eigenvalue weighted by Crippen LogP contribution is 2.21. The zero-order valence-corrected chi connectivity index (χ0v) is 14.1. The molecule has 3 N–H and O–H groups in total. The summed E-state index contributed by atoms with van der Waals surface area (Å²) in [5.41, 5.74) is 6.26. The normalized spacial score (nSPS) is 17.0. The number of hydrogen-bond acceptors (Lipinski definition) is 4. The van der Waals surface area contributed by atoms with Gasteiger partial charge < -0.3 is 15.7 Å². The van der Waals surface area contributed by atoms with E-state index in [9.17, 15) is 9.90 Å². The summed E-state index contributed by atoms with van der Waals surface area (Å²) in [5, 5.41) is 9.84. The van der Waals surface area contributed by atoms with Gasteiger partial charge in [0.15, 0.2) is 0 Å². The maximum Gasteiger partial charge on any atom is 0.256 e. The second-order valence-corrected chi connectivity index (χ2v) is 7.03. The number of anilines is 1. The average molecular weight is 356 g/mol. The number of nitrogen functional groups attached to an aromatic ring is 1. The van der Waals surface area contributed by atoms with E-state index in [1.807, 2.05) is 11.0 Å². The molecule has 21 heavy (non-hydrogen) atoms. The first-order valence-corrected chi connectivity index (χ1v) is 7.84. The lowest BCUT2D eigenvalue weighted by Gasteiger charge is -2.37. The number of benzene rings is 1. The topological polar surface area (TPSA) is 69.8 Å².